The van der Waals surface area contributed by atoms with Crippen molar-refractivity contribution in [2.75, 3.05) is 13.1 Å². The summed E-state index contributed by atoms with van der Waals surface area (Å²) in [6, 6.07) is 3.88. The van der Waals surface area contributed by atoms with E-state index in [1.54, 1.807) is 0 Å². The minimum Gasteiger partial charge on any atom is -0.320 e. The van der Waals surface area contributed by atoms with Crippen molar-refractivity contribution in [1.29, 1.82) is 0 Å². The van der Waals surface area contributed by atoms with E-state index in [2.05, 4.69) is 11.8 Å². The zero-order chi connectivity index (χ0) is 16.1. The van der Waals surface area contributed by atoms with Gasteiger partial charge in [0.1, 0.15) is 4.90 Å². The third kappa shape index (κ3) is 5.93. The van der Waals surface area contributed by atoms with E-state index < -0.39 is 29.2 Å². The highest BCUT2D eigenvalue weighted by molar-refractivity contribution is 7.89. The number of benzene rings is 1. The highest BCUT2D eigenvalue weighted by atomic mass is 35.5. The molecule has 0 bridgehead atoms. The van der Waals surface area contributed by atoms with Crippen LogP contribution in [0.2, 0.25) is 5.02 Å². The van der Waals surface area contributed by atoms with E-state index in [1.165, 1.54) is 18.2 Å². The predicted octanol–water partition coefficient (Wildman–Crippen LogP) is 1.88. The van der Waals surface area contributed by atoms with Crippen LogP contribution in [0.4, 0.5) is 13.2 Å². The Morgan fingerprint density at radius 3 is 2.52 bits per heavy atom. The molecule has 0 amide bonds. The lowest BCUT2D eigenvalue weighted by atomic mass is 10.2. The quantitative estimate of drug-likeness (QED) is 0.822. The number of halogens is 4. The van der Waals surface area contributed by atoms with Crippen LogP contribution in [-0.2, 0) is 10.0 Å². The molecule has 0 saturated heterocycles. The number of nitrogens with two attached hydrogens (primary N) is 1. The Kier molecular flexibility index (Phi) is 6.04. The van der Waals surface area contributed by atoms with Gasteiger partial charge >= 0.3 is 6.18 Å². The van der Waals surface area contributed by atoms with Gasteiger partial charge in [-0.25, -0.2) is 13.1 Å². The van der Waals surface area contributed by atoms with Crippen LogP contribution in [0, 0.1) is 11.8 Å². The second-order valence-corrected chi connectivity index (χ2v) is 6.06. The maximum absolute atomic E-state index is 12.0. The monoisotopic (exact) mass is 340 g/mol. The molecule has 21 heavy (non-hydrogen) atoms. The molecule has 3 N–H and O–H groups in total. The normalized spacial score (nSPS) is 11.9. The molecule has 0 aliphatic heterocycles. The molecule has 0 unspecified atom stereocenters. The molecule has 0 aromatic heterocycles. The van der Waals surface area contributed by atoms with Gasteiger partial charge in [0.25, 0.3) is 0 Å². The predicted molar refractivity (Wildman–Crippen MR) is 73.2 cm³/mol. The van der Waals surface area contributed by atoms with E-state index >= 15 is 0 Å². The summed E-state index contributed by atoms with van der Waals surface area (Å²) in [4.78, 5) is -0.301. The van der Waals surface area contributed by atoms with Crippen molar-refractivity contribution in [3.8, 4) is 11.8 Å². The molecule has 0 saturated carbocycles. The van der Waals surface area contributed by atoms with Crippen LogP contribution in [0.1, 0.15) is 12.0 Å². The number of hydrogen-bond donors (Lipinski definition) is 2. The Morgan fingerprint density at radius 1 is 1.33 bits per heavy atom. The molecular weight excluding hydrogens is 329 g/mol. The van der Waals surface area contributed by atoms with Crippen LogP contribution >= 0.6 is 11.6 Å². The molecule has 0 aliphatic carbocycles. The van der Waals surface area contributed by atoms with Crippen LogP contribution in [0.15, 0.2) is 23.1 Å². The average Bonchev–Trinajstić information content (AvgIpc) is 2.34. The van der Waals surface area contributed by atoms with Gasteiger partial charge in [-0.2, -0.15) is 13.2 Å². The second-order valence-electron chi connectivity index (χ2n) is 3.91. The smallest absolute Gasteiger partial charge is 0.320 e. The Labute approximate surface area is 125 Å². The molecule has 1 aromatic rings. The first kappa shape index (κ1) is 17.8. The SMILES string of the molecule is NCC#Cc1ccc(S(=O)(=O)NCCC(F)(F)F)c(Cl)c1. The number of nitrogens with one attached hydrogen (secondary N) is 1. The van der Waals surface area contributed by atoms with Crippen LogP contribution in [0.3, 0.4) is 0 Å². The van der Waals surface area contributed by atoms with Crippen LogP contribution in [0.25, 0.3) is 0 Å². The summed E-state index contributed by atoms with van der Waals surface area (Å²) in [7, 11) is -4.11. The molecule has 0 spiro atoms. The van der Waals surface area contributed by atoms with Crippen molar-refractivity contribution >= 4 is 21.6 Å². The van der Waals surface area contributed by atoms with E-state index in [9.17, 15) is 21.6 Å². The van der Waals surface area contributed by atoms with Crippen molar-refractivity contribution < 1.29 is 21.6 Å². The summed E-state index contributed by atoms with van der Waals surface area (Å²) in [5.41, 5.74) is 5.66. The minimum atomic E-state index is -4.44. The Hall–Kier alpha value is -1.27. The van der Waals surface area contributed by atoms with Crippen LogP contribution in [0.5, 0.6) is 0 Å². The number of rotatable bonds is 4. The van der Waals surface area contributed by atoms with Gasteiger partial charge in [-0.1, -0.05) is 23.4 Å². The largest absolute Gasteiger partial charge is 0.390 e. The maximum atomic E-state index is 12.0. The van der Waals surface area contributed by atoms with Gasteiger partial charge in [-0.3, -0.25) is 0 Å². The number of hydrogen-bond acceptors (Lipinski definition) is 3. The van der Waals surface area contributed by atoms with E-state index in [0.717, 1.165) is 0 Å². The van der Waals surface area contributed by atoms with Crippen LogP contribution < -0.4 is 10.5 Å². The Bertz CT molecular complexity index is 663. The fourth-order valence-corrected chi connectivity index (χ4v) is 2.93. The molecule has 1 aromatic carbocycles. The molecule has 0 fully saturated rings. The van der Waals surface area contributed by atoms with E-state index in [4.69, 9.17) is 17.3 Å². The highest BCUT2D eigenvalue weighted by Crippen LogP contribution is 2.23. The second kappa shape index (κ2) is 7.13. The first-order valence-electron chi connectivity index (χ1n) is 5.70. The highest BCUT2D eigenvalue weighted by Gasteiger charge is 2.28. The van der Waals surface area contributed by atoms with Gasteiger partial charge in [0.15, 0.2) is 0 Å². The van der Waals surface area contributed by atoms with Crippen molar-refractivity contribution in [3.63, 3.8) is 0 Å². The molecule has 4 nitrogen and oxygen atoms in total. The third-order valence-corrected chi connectivity index (χ3v) is 4.20. The number of alkyl halides is 3. The Morgan fingerprint density at radius 2 is 2.00 bits per heavy atom. The van der Waals surface area contributed by atoms with Crippen molar-refractivity contribution in [1.82, 2.24) is 4.72 Å². The Balaban J connectivity index is 2.89. The van der Waals surface area contributed by atoms with Gasteiger partial charge in [0.05, 0.1) is 18.0 Å². The zero-order valence-corrected chi connectivity index (χ0v) is 12.2. The molecular formula is C12H12ClF3N2O2S. The lowest BCUT2D eigenvalue weighted by Crippen LogP contribution is -2.28. The van der Waals surface area contributed by atoms with Gasteiger partial charge in [-0.05, 0) is 18.2 Å². The van der Waals surface area contributed by atoms with E-state index in [-0.39, 0.29) is 16.5 Å². The fraction of sp³-hybridized carbons (Fsp3) is 0.333. The molecule has 9 heteroatoms. The first-order valence-corrected chi connectivity index (χ1v) is 7.57. The van der Waals surface area contributed by atoms with Gasteiger partial charge in [-0.15, -0.1) is 0 Å². The molecule has 1 rings (SSSR count). The fourth-order valence-electron chi connectivity index (χ4n) is 1.35. The molecule has 0 aliphatic rings. The summed E-state index contributed by atoms with van der Waals surface area (Å²) in [6.07, 6.45) is -5.70. The zero-order valence-electron chi connectivity index (χ0n) is 10.7. The van der Waals surface area contributed by atoms with Gasteiger partial charge < -0.3 is 5.73 Å². The van der Waals surface area contributed by atoms with Crippen molar-refractivity contribution in [2.24, 2.45) is 5.73 Å². The maximum Gasteiger partial charge on any atom is 0.390 e. The van der Waals surface area contributed by atoms with E-state index in [1.807, 2.05) is 4.72 Å². The van der Waals surface area contributed by atoms with E-state index in [0.29, 0.717) is 5.56 Å². The lowest BCUT2D eigenvalue weighted by Gasteiger charge is -2.10. The topological polar surface area (TPSA) is 72.2 Å². The summed E-state index contributed by atoms with van der Waals surface area (Å²) in [5.74, 6) is 5.23. The van der Waals surface area contributed by atoms with Crippen LogP contribution in [-0.4, -0.2) is 27.7 Å². The average molecular weight is 341 g/mol. The number of sulfonamides is 1. The summed E-state index contributed by atoms with van der Waals surface area (Å²) < 4.78 is 61.5. The summed E-state index contributed by atoms with van der Waals surface area (Å²) >= 11 is 5.82. The van der Waals surface area contributed by atoms with Crippen molar-refractivity contribution in [3.05, 3.63) is 28.8 Å². The first-order chi connectivity index (χ1) is 9.65. The molecule has 0 atom stereocenters. The van der Waals surface area contributed by atoms with Crippen molar-refractivity contribution in [2.45, 2.75) is 17.5 Å². The summed E-state index contributed by atoms with van der Waals surface area (Å²) in [6.45, 7) is -0.618. The minimum absolute atomic E-state index is 0.127. The molecule has 116 valence electrons. The lowest BCUT2D eigenvalue weighted by molar-refractivity contribution is -0.132. The third-order valence-electron chi connectivity index (χ3n) is 2.26. The molecule has 0 radical (unpaired) electrons. The summed E-state index contributed by atoms with van der Waals surface area (Å²) in [5, 5.41) is -0.127. The molecule has 0 heterocycles. The van der Waals surface area contributed by atoms with Gasteiger partial charge in [0.2, 0.25) is 10.0 Å². The van der Waals surface area contributed by atoms with Gasteiger partial charge in [0, 0.05) is 12.1 Å². The standard InChI is InChI=1S/C12H12ClF3N2O2S/c13-10-8-9(2-1-6-17)3-4-11(10)21(19,20)18-7-5-12(14,15)16/h3-4,8,18H,5-7,17H2.